The fraction of sp³-hybridized carbons (Fsp3) is 0.154. The number of aromatic nitrogens is 2. The lowest BCUT2D eigenvalue weighted by atomic mass is 10.2. The van der Waals surface area contributed by atoms with E-state index in [9.17, 15) is 0 Å². The minimum atomic E-state index is 0.701. The predicted molar refractivity (Wildman–Crippen MR) is 71.5 cm³/mol. The van der Waals surface area contributed by atoms with Crippen LogP contribution in [0.4, 0.5) is 5.95 Å². The number of hydrogen-bond donors (Lipinski definition) is 1. The molecule has 0 aliphatic heterocycles. The number of benzene rings is 1. The second-order valence-electron chi connectivity index (χ2n) is 3.68. The molecule has 0 saturated carbocycles. The van der Waals surface area contributed by atoms with Crippen LogP contribution >= 0.6 is 11.6 Å². The van der Waals surface area contributed by atoms with Crippen molar-refractivity contribution in [1.29, 1.82) is 0 Å². The molecule has 0 atom stereocenters. The molecular formula is C13H14ClN3. The average Bonchev–Trinajstić information content (AvgIpc) is 2.74. The first kappa shape index (κ1) is 11.7. The van der Waals surface area contributed by atoms with Crippen molar-refractivity contribution in [2.24, 2.45) is 0 Å². The Morgan fingerprint density at radius 3 is 3.12 bits per heavy atom. The molecule has 0 unspecified atom stereocenters. The molecule has 0 amide bonds. The molecule has 3 nitrogen and oxygen atoms in total. The van der Waals surface area contributed by atoms with Crippen LogP contribution < -0.4 is 5.32 Å². The van der Waals surface area contributed by atoms with E-state index in [-0.39, 0.29) is 0 Å². The Kier molecular flexibility index (Phi) is 3.83. The summed E-state index contributed by atoms with van der Waals surface area (Å²) in [5, 5.41) is 3.93. The van der Waals surface area contributed by atoms with Gasteiger partial charge in [-0.2, -0.15) is 0 Å². The van der Waals surface area contributed by atoms with E-state index in [4.69, 9.17) is 11.6 Å². The zero-order valence-corrected chi connectivity index (χ0v) is 10.2. The first-order valence-electron chi connectivity index (χ1n) is 5.40. The molecule has 1 heterocycles. The maximum atomic E-state index is 5.95. The molecule has 0 bridgehead atoms. The van der Waals surface area contributed by atoms with Gasteiger partial charge in [-0.1, -0.05) is 29.8 Å². The van der Waals surface area contributed by atoms with Crippen molar-refractivity contribution in [2.45, 2.75) is 6.54 Å². The van der Waals surface area contributed by atoms with Crippen molar-refractivity contribution in [2.75, 3.05) is 11.9 Å². The summed E-state index contributed by atoms with van der Waals surface area (Å²) in [7, 11) is 0. The average molecular weight is 248 g/mol. The van der Waals surface area contributed by atoms with Gasteiger partial charge >= 0.3 is 0 Å². The van der Waals surface area contributed by atoms with Gasteiger partial charge in [0.2, 0.25) is 5.95 Å². The van der Waals surface area contributed by atoms with Crippen LogP contribution in [0.15, 0.2) is 49.3 Å². The molecule has 88 valence electrons. The number of halogens is 1. The lowest BCUT2D eigenvalue weighted by Gasteiger charge is -2.08. The van der Waals surface area contributed by atoms with Gasteiger partial charge in [-0.15, -0.1) is 6.58 Å². The minimum absolute atomic E-state index is 0.701. The Morgan fingerprint density at radius 1 is 1.47 bits per heavy atom. The van der Waals surface area contributed by atoms with Crippen molar-refractivity contribution in [1.82, 2.24) is 9.55 Å². The highest BCUT2D eigenvalue weighted by Crippen LogP contribution is 2.14. The van der Waals surface area contributed by atoms with E-state index in [1.807, 2.05) is 35.0 Å². The van der Waals surface area contributed by atoms with Crippen LogP contribution in [-0.2, 0) is 6.54 Å². The Bertz CT molecular complexity index is 505. The topological polar surface area (TPSA) is 29.9 Å². The largest absolute Gasteiger partial charge is 0.352 e. The van der Waals surface area contributed by atoms with Crippen molar-refractivity contribution in [3.05, 3.63) is 59.9 Å². The molecule has 0 saturated heterocycles. The van der Waals surface area contributed by atoms with Crippen LogP contribution in [0.2, 0.25) is 5.02 Å². The third kappa shape index (κ3) is 3.11. The van der Waals surface area contributed by atoms with Crippen molar-refractivity contribution in [3.63, 3.8) is 0 Å². The van der Waals surface area contributed by atoms with E-state index in [2.05, 4.69) is 16.9 Å². The molecule has 0 aliphatic rings. The fourth-order valence-electron chi connectivity index (χ4n) is 1.60. The molecule has 17 heavy (non-hydrogen) atoms. The van der Waals surface area contributed by atoms with Gasteiger partial charge < -0.3 is 9.88 Å². The van der Waals surface area contributed by atoms with Gasteiger partial charge in [-0.3, -0.25) is 0 Å². The lowest BCUT2D eigenvalue weighted by molar-refractivity contribution is 0.802. The Balaban J connectivity index is 2.13. The van der Waals surface area contributed by atoms with Crippen molar-refractivity contribution in [3.8, 4) is 0 Å². The quantitative estimate of drug-likeness (QED) is 0.823. The van der Waals surface area contributed by atoms with E-state index >= 15 is 0 Å². The van der Waals surface area contributed by atoms with E-state index in [0.29, 0.717) is 6.54 Å². The second-order valence-corrected chi connectivity index (χ2v) is 4.11. The molecule has 0 fully saturated rings. The van der Waals surface area contributed by atoms with Crippen LogP contribution in [0.3, 0.4) is 0 Å². The molecular weight excluding hydrogens is 234 g/mol. The Hall–Kier alpha value is -1.74. The third-order valence-corrected chi connectivity index (χ3v) is 2.60. The Labute approximate surface area is 106 Å². The summed E-state index contributed by atoms with van der Waals surface area (Å²) in [4.78, 5) is 4.24. The van der Waals surface area contributed by atoms with Gasteiger partial charge in [0.15, 0.2) is 0 Å². The first-order chi connectivity index (χ1) is 8.29. The Morgan fingerprint density at radius 2 is 2.35 bits per heavy atom. The normalized spacial score (nSPS) is 10.2. The third-order valence-electron chi connectivity index (χ3n) is 2.36. The zero-order chi connectivity index (χ0) is 12.1. The molecule has 1 N–H and O–H groups in total. The summed E-state index contributed by atoms with van der Waals surface area (Å²) in [5.41, 5.74) is 1.15. The van der Waals surface area contributed by atoms with Crippen molar-refractivity contribution < 1.29 is 0 Å². The monoisotopic (exact) mass is 247 g/mol. The lowest BCUT2D eigenvalue weighted by Crippen LogP contribution is -2.07. The predicted octanol–water partition coefficient (Wildman–Crippen LogP) is 3.18. The summed E-state index contributed by atoms with van der Waals surface area (Å²) in [6, 6.07) is 7.82. The molecule has 0 radical (unpaired) electrons. The van der Waals surface area contributed by atoms with Gasteiger partial charge in [0.25, 0.3) is 0 Å². The smallest absolute Gasteiger partial charge is 0.203 e. The highest BCUT2D eigenvalue weighted by atomic mass is 35.5. The van der Waals surface area contributed by atoms with Gasteiger partial charge in [-0.25, -0.2) is 4.98 Å². The van der Waals surface area contributed by atoms with Crippen LogP contribution in [0.25, 0.3) is 0 Å². The van der Waals surface area contributed by atoms with E-state index in [1.165, 1.54) is 0 Å². The summed E-state index contributed by atoms with van der Waals surface area (Å²) in [6.07, 6.45) is 5.51. The van der Waals surface area contributed by atoms with Crippen LogP contribution in [0.1, 0.15) is 5.56 Å². The van der Waals surface area contributed by atoms with Crippen LogP contribution in [0.5, 0.6) is 0 Å². The highest BCUT2D eigenvalue weighted by molar-refractivity contribution is 6.30. The molecule has 4 heteroatoms. The molecule has 1 aromatic heterocycles. The summed E-state index contributed by atoms with van der Waals surface area (Å²) in [5.74, 6) is 0.838. The van der Waals surface area contributed by atoms with E-state index in [1.54, 1.807) is 12.3 Å². The highest BCUT2D eigenvalue weighted by Gasteiger charge is 2.02. The van der Waals surface area contributed by atoms with E-state index < -0.39 is 0 Å². The van der Waals surface area contributed by atoms with Crippen LogP contribution in [-0.4, -0.2) is 16.1 Å². The van der Waals surface area contributed by atoms with Gasteiger partial charge in [0, 0.05) is 24.0 Å². The molecule has 2 rings (SSSR count). The van der Waals surface area contributed by atoms with Gasteiger partial charge in [0.1, 0.15) is 0 Å². The fourth-order valence-corrected chi connectivity index (χ4v) is 1.81. The molecule has 0 spiro atoms. The number of imidazole rings is 1. The number of hydrogen-bond acceptors (Lipinski definition) is 2. The number of nitrogens with zero attached hydrogens (tertiary/aromatic N) is 2. The SMILES string of the molecule is C=CCNc1nccn1Cc1cccc(Cl)c1. The summed E-state index contributed by atoms with van der Waals surface area (Å²) >= 11 is 5.95. The van der Waals surface area contributed by atoms with Gasteiger partial charge in [0.05, 0.1) is 6.54 Å². The summed E-state index contributed by atoms with van der Waals surface area (Å²) < 4.78 is 2.04. The number of anilines is 1. The minimum Gasteiger partial charge on any atom is -0.352 e. The summed E-state index contributed by atoms with van der Waals surface area (Å²) in [6.45, 7) is 5.12. The maximum Gasteiger partial charge on any atom is 0.203 e. The zero-order valence-electron chi connectivity index (χ0n) is 9.44. The standard InChI is InChI=1S/C13H14ClN3/c1-2-6-15-13-16-7-8-17(13)10-11-4-3-5-12(14)9-11/h2-5,7-9H,1,6,10H2,(H,15,16). The van der Waals surface area contributed by atoms with E-state index in [0.717, 1.165) is 23.1 Å². The second kappa shape index (κ2) is 5.55. The van der Waals surface area contributed by atoms with Crippen molar-refractivity contribution >= 4 is 17.5 Å². The number of rotatable bonds is 5. The maximum absolute atomic E-state index is 5.95. The van der Waals surface area contributed by atoms with Gasteiger partial charge in [-0.05, 0) is 17.7 Å². The number of nitrogens with one attached hydrogen (secondary N) is 1. The molecule has 1 aromatic carbocycles. The first-order valence-corrected chi connectivity index (χ1v) is 5.78. The van der Waals surface area contributed by atoms with Crippen LogP contribution in [0, 0.1) is 0 Å². The molecule has 2 aromatic rings. The molecule has 0 aliphatic carbocycles.